The van der Waals surface area contributed by atoms with Crippen molar-refractivity contribution < 1.29 is 4.79 Å². The minimum atomic E-state index is 0.175. The number of carbonyl (C=O) groups excluding carboxylic acids is 1. The molecule has 0 bridgehead atoms. The van der Waals surface area contributed by atoms with Crippen molar-refractivity contribution in [2.75, 3.05) is 20.1 Å². The van der Waals surface area contributed by atoms with Gasteiger partial charge in [-0.15, -0.1) is 0 Å². The van der Waals surface area contributed by atoms with E-state index in [0.29, 0.717) is 25.2 Å². The van der Waals surface area contributed by atoms with Crippen LogP contribution >= 0.6 is 0 Å². The number of nitrogens with zero attached hydrogens (tertiary/aromatic N) is 1. The van der Waals surface area contributed by atoms with E-state index < -0.39 is 0 Å². The fourth-order valence-electron chi connectivity index (χ4n) is 3.25. The van der Waals surface area contributed by atoms with Crippen LogP contribution in [0.5, 0.6) is 0 Å². The smallest absolute Gasteiger partial charge is 0.234 e. The second-order valence-corrected chi connectivity index (χ2v) is 6.31. The summed E-state index contributed by atoms with van der Waals surface area (Å²) in [6.07, 6.45) is 10.0. The standard InChI is InChI=1S/C15H29N3O/c1-18(14(10-16)12-8-9-12)11-15(19)17-13-6-4-2-3-5-7-13/h12-14H,2-11,16H2,1H3,(H,17,19). The molecule has 0 aromatic carbocycles. The molecule has 1 amide bonds. The second kappa shape index (κ2) is 7.25. The average Bonchev–Trinajstić information content (AvgIpc) is 3.17. The molecule has 19 heavy (non-hydrogen) atoms. The molecule has 4 heteroatoms. The Kier molecular flexibility index (Phi) is 5.64. The minimum Gasteiger partial charge on any atom is -0.352 e. The maximum atomic E-state index is 12.1. The van der Waals surface area contributed by atoms with Gasteiger partial charge >= 0.3 is 0 Å². The molecule has 2 aliphatic rings. The van der Waals surface area contributed by atoms with Crippen molar-refractivity contribution in [3.63, 3.8) is 0 Å². The maximum Gasteiger partial charge on any atom is 0.234 e. The van der Waals surface area contributed by atoms with Crippen LogP contribution in [0.2, 0.25) is 0 Å². The van der Waals surface area contributed by atoms with Crippen LogP contribution in [0, 0.1) is 5.92 Å². The van der Waals surface area contributed by atoms with Crippen LogP contribution in [0.1, 0.15) is 51.4 Å². The number of nitrogens with two attached hydrogens (primary N) is 1. The van der Waals surface area contributed by atoms with Crippen LogP contribution in [0.15, 0.2) is 0 Å². The summed E-state index contributed by atoms with van der Waals surface area (Å²) < 4.78 is 0. The highest BCUT2D eigenvalue weighted by Crippen LogP contribution is 2.34. The van der Waals surface area contributed by atoms with Crippen molar-refractivity contribution in [1.82, 2.24) is 10.2 Å². The third-order valence-corrected chi connectivity index (χ3v) is 4.59. The fourth-order valence-corrected chi connectivity index (χ4v) is 3.25. The lowest BCUT2D eigenvalue weighted by molar-refractivity contribution is -0.123. The number of amides is 1. The molecule has 3 N–H and O–H groups in total. The molecular weight excluding hydrogens is 238 g/mol. The largest absolute Gasteiger partial charge is 0.352 e. The molecule has 4 nitrogen and oxygen atoms in total. The summed E-state index contributed by atoms with van der Waals surface area (Å²) in [5.74, 6) is 0.897. The first-order chi connectivity index (χ1) is 9.20. The maximum absolute atomic E-state index is 12.1. The Bertz CT molecular complexity index is 283. The van der Waals surface area contributed by atoms with E-state index in [1.807, 2.05) is 7.05 Å². The molecule has 0 aliphatic heterocycles. The van der Waals surface area contributed by atoms with Crippen LogP contribution < -0.4 is 11.1 Å². The lowest BCUT2D eigenvalue weighted by Crippen LogP contribution is -2.47. The molecule has 1 atom stereocenters. The van der Waals surface area contributed by atoms with Crippen molar-refractivity contribution in [3.8, 4) is 0 Å². The van der Waals surface area contributed by atoms with Gasteiger partial charge in [-0.1, -0.05) is 25.7 Å². The van der Waals surface area contributed by atoms with E-state index in [1.165, 1.54) is 38.5 Å². The van der Waals surface area contributed by atoms with Crippen LogP contribution in [-0.2, 0) is 4.79 Å². The second-order valence-electron chi connectivity index (χ2n) is 6.31. The summed E-state index contributed by atoms with van der Waals surface area (Å²) in [5.41, 5.74) is 5.82. The number of hydrogen-bond donors (Lipinski definition) is 2. The zero-order valence-corrected chi connectivity index (χ0v) is 12.2. The lowest BCUT2D eigenvalue weighted by Gasteiger charge is -2.27. The first-order valence-corrected chi connectivity index (χ1v) is 7.90. The summed E-state index contributed by atoms with van der Waals surface area (Å²) in [5, 5.41) is 3.21. The monoisotopic (exact) mass is 267 g/mol. The van der Waals surface area contributed by atoms with Crippen molar-refractivity contribution in [2.24, 2.45) is 11.7 Å². The van der Waals surface area contributed by atoms with E-state index >= 15 is 0 Å². The molecule has 110 valence electrons. The topological polar surface area (TPSA) is 58.4 Å². The first-order valence-electron chi connectivity index (χ1n) is 7.90. The van der Waals surface area contributed by atoms with Crippen LogP contribution in [0.3, 0.4) is 0 Å². The predicted octanol–water partition coefficient (Wildman–Crippen LogP) is 1.49. The molecule has 1 unspecified atom stereocenters. The Morgan fingerprint density at radius 2 is 1.84 bits per heavy atom. The van der Waals surface area contributed by atoms with Gasteiger partial charge in [-0.25, -0.2) is 0 Å². The van der Waals surface area contributed by atoms with Crippen molar-refractivity contribution in [2.45, 2.75) is 63.5 Å². The molecule has 0 spiro atoms. The van der Waals surface area contributed by atoms with E-state index in [9.17, 15) is 4.79 Å². The Hall–Kier alpha value is -0.610. The van der Waals surface area contributed by atoms with Gasteiger partial charge in [0, 0.05) is 18.6 Å². The molecule has 0 heterocycles. The zero-order chi connectivity index (χ0) is 13.7. The van der Waals surface area contributed by atoms with E-state index in [4.69, 9.17) is 5.73 Å². The van der Waals surface area contributed by atoms with E-state index in [-0.39, 0.29) is 5.91 Å². The van der Waals surface area contributed by atoms with E-state index in [2.05, 4.69) is 10.2 Å². The molecule has 2 fully saturated rings. The third kappa shape index (κ3) is 4.77. The summed E-state index contributed by atoms with van der Waals surface area (Å²) in [7, 11) is 2.03. The minimum absolute atomic E-state index is 0.175. The number of nitrogens with one attached hydrogen (secondary N) is 1. The summed E-state index contributed by atoms with van der Waals surface area (Å²) in [6, 6.07) is 0.792. The molecule has 0 saturated heterocycles. The predicted molar refractivity (Wildman–Crippen MR) is 77.8 cm³/mol. The summed E-state index contributed by atoms with van der Waals surface area (Å²) >= 11 is 0. The highest BCUT2D eigenvalue weighted by Gasteiger charge is 2.33. The van der Waals surface area contributed by atoms with Crippen molar-refractivity contribution in [1.29, 1.82) is 0 Å². The summed E-state index contributed by atoms with van der Waals surface area (Å²) in [6.45, 7) is 1.16. The molecule has 2 aliphatic carbocycles. The molecular formula is C15H29N3O. The highest BCUT2D eigenvalue weighted by molar-refractivity contribution is 5.78. The van der Waals surface area contributed by atoms with Gasteiger partial charge in [0.1, 0.15) is 0 Å². The van der Waals surface area contributed by atoms with Crippen molar-refractivity contribution in [3.05, 3.63) is 0 Å². The molecule has 0 aromatic rings. The van der Waals surface area contributed by atoms with Gasteiger partial charge in [-0.05, 0) is 38.6 Å². The molecule has 0 aromatic heterocycles. The first kappa shape index (κ1) is 14.8. The fraction of sp³-hybridized carbons (Fsp3) is 0.933. The van der Waals surface area contributed by atoms with Gasteiger partial charge in [0.2, 0.25) is 5.91 Å². The van der Waals surface area contributed by atoms with Gasteiger partial charge in [0.25, 0.3) is 0 Å². The van der Waals surface area contributed by atoms with Gasteiger partial charge in [0.05, 0.1) is 6.54 Å². The van der Waals surface area contributed by atoms with Gasteiger partial charge in [-0.2, -0.15) is 0 Å². The summed E-state index contributed by atoms with van der Waals surface area (Å²) in [4.78, 5) is 14.2. The van der Waals surface area contributed by atoms with Gasteiger partial charge in [-0.3, -0.25) is 9.69 Å². The third-order valence-electron chi connectivity index (χ3n) is 4.59. The molecule has 2 rings (SSSR count). The average molecular weight is 267 g/mol. The number of carbonyl (C=O) groups is 1. The Labute approximate surface area is 117 Å². The van der Waals surface area contributed by atoms with Crippen molar-refractivity contribution >= 4 is 5.91 Å². The van der Waals surface area contributed by atoms with Crippen LogP contribution in [-0.4, -0.2) is 43.0 Å². The van der Waals surface area contributed by atoms with Crippen LogP contribution in [0.25, 0.3) is 0 Å². The molecule has 0 radical (unpaired) electrons. The Balaban J connectivity index is 1.73. The van der Waals surface area contributed by atoms with E-state index in [0.717, 1.165) is 18.8 Å². The van der Waals surface area contributed by atoms with Crippen LogP contribution in [0.4, 0.5) is 0 Å². The highest BCUT2D eigenvalue weighted by atomic mass is 16.2. The molecule has 2 saturated carbocycles. The van der Waals surface area contributed by atoms with E-state index in [1.54, 1.807) is 0 Å². The quantitative estimate of drug-likeness (QED) is 0.717. The van der Waals surface area contributed by atoms with Gasteiger partial charge in [0.15, 0.2) is 0 Å². The Morgan fingerprint density at radius 3 is 2.37 bits per heavy atom. The zero-order valence-electron chi connectivity index (χ0n) is 12.2. The normalized spacial score (nSPS) is 23.1. The number of hydrogen-bond acceptors (Lipinski definition) is 3. The number of likely N-dealkylation sites (N-methyl/N-ethyl adjacent to an activating group) is 1. The SMILES string of the molecule is CN(CC(=O)NC1CCCCCC1)C(CN)C1CC1. The number of rotatable bonds is 6. The Morgan fingerprint density at radius 1 is 1.21 bits per heavy atom. The lowest BCUT2D eigenvalue weighted by atomic mass is 10.1. The van der Waals surface area contributed by atoms with Gasteiger partial charge < -0.3 is 11.1 Å².